The first kappa shape index (κ1) is 28.1. The molecule has 1 saturated carbocycles. The maximum atomic E-state index is 3.33. The number of hydrogen-bond donors (Lipinski definition) is 0. The van der Waals surface area contributed by atoms with Crippen LogP contribution < -0.4 is 0 Å². The molecule has 0 atom stereocenters. The highest BCUT2D eigenvalue weighted by Crippen LogP contribution is 2.34. The van der Waals surface area contributed by atoms with Gasteiger partial charge in [-0.3, -0.25) is 0 Å². The van der Waals surface area contributed by atoms with Crippen molar-refractivity contribution in [1.82, 2.24) is 0 Å². The van der Waals surface area contributed by atoms with Gasteiger partial charge in [-0.15, -0.1) is 0 Å². The maximum absolute atomic E-state index is 3.33. The molecule has 0 bridgehead atoms. The van der Waals surface area contributed by atoms with E-state index in [4.69, 9.17) is 0 Å². The van der Waals surface area contributed by atoms with Crippen molar-refractivity contribution < 1.29 is 0 Å². The van der Waals surface area contributed by atoms with E-state index >= 15 is 0 Å². The van der Waals surface area contributed by atoms with E-state index in [0.29, 0.717) is 0 Å². The predicted molar refractivity (Wildman–Crippen MR) is 157 cm³/mol. The van der Waals surface area contributed by atoms with E-state index in [-0.39, 0.29) is 0 Å². The minimum absolute atomic E-state index is 0.935. The van der Waals surface area contributed by atoms with Crippen LogP contribution in [0.1, 0.15) is 132 Å². The fraction of sp³-hybridized carbons (Fsp3) is 0.556. The van der Waals surface area contributed by atoms with Crippen LogP contribution in [0.25, 0.3) is 0 Å². The van der Waals surface area contributed by atoms with Gasteiger partial charge in [0, 0.05) is 23.1 Å². The van der Waals surface area contributed by atoms with Crippen LogP contribution >= 0.6 is 0 Å². The smallest absolute Gasteiger partial charge is 0.0249 e. The van der Waals surface area contributed by atoms with Gasteiger partial charge in [0.05, 0.1) is 0 Å². The Labute approximate surface area is 222 Å². The van der Waals surface area contributed by atoms with Crippen molar-refractivity contribution in [3.8, 4) is 23.7 Å². The van der Waals surface area contributed by atoms with Crippen LogP contribution in [0.2, 0.25) is 0 Å². The molecular weight excluding hydrogens is 432 g/mol. The average molecular weight is 481 g/mol. The summed E-state index contributed by atoms with van der Waals surface area (Å²) in [5, 5.41) is 0. The lowest BCUT2D eigenvalue weighted by atomic mass is 9.77. The summed E-state index contributed by atoms with van der Waals surface area (Å²) in [5.41, 5.74) is 4.68. The Morgan fingerprint density at radius 3 is 1.67 bits per heavy atom. The van der Waals surface area contributed by atoms with Crippen molar-refractivity contribution in [2.45, 2.75) is 117 Å². The molecule has 0 nitrogen and oxygen atoms in total. The minimum Gasteiger partial charge on any atom is -0.0979 e. The number of hydrogen-bond acceptors (Lipinski definition) is 0. The van der Waals surface area contributed by atoms with Gasteiger partial charge in [-0.2, -0.15) is 0 Å². The molecule has 0 heteroatoms. The molecular formula is C36H48. The minimum atomic E-state index is 0.935. The highest BCUT2D eigenvalue weighted by molar-refractivity contribution is 5.46. The number of rotatable bonds is 12. The van der Waals surface area contributed by atoms with E-state index < -0.39 is 0 Å². The molecule has 0 heterocycles. The lowest BCUT2D eigenvalue weighted by molar-refractivity contribution is 0.248. The second-order valence-corrected chi connectivity index (χ2v) is 10.9. The topological polar surface area (TPSA) is 0 Å². The summed E-state index contributed by atoms with van der Waals surface area (Å²) in [4.78, 5) is 0. The maximum Gasteiger partial charge on any atom is 0.0249 e. The monoisotopic (exact) mass is 480 g/mol. The van der Waals surface area contributed by atoms with Crippen molar-refractivity contribution in [2.24, 2.45) is 11.8 Å². The summed E-state index contributed by atoms with van der Waals surface area (Å²) in [6.45, 7) is 4.53. The molecule has 36 heavy (non-hydrogen) atoms. The molecule has 3 rings (SSSR count). The van der Waals surface area contributed by atoms with Gasteiger partial charge in [0.1, 0.15) is 0 Å². The molecule has 1 aliphatic rings. The van der Waals surface area contributed by atoms with E-state index in [1.54, 1.807) is 0 Å². The van der Waals surface area contributed by atoms with E-state index in [2.05, 4.69) is 86.1 Å². The first-order valence-corrected chi connectivity index (χ1v) is 15.0. The van der Waals surface area contributed by atoms with Gasteiger partial charge in [0.25, 0.3) is 0 Å². The molecule has 2 aromatic carbocycles. The molecule has 1 aliphatic carbocycles. The number of unbranched alkanes of at least 4 members (excludes halogenated alkanes) is 7. The molecule has 2 aromatic rings. The lowest BCUT2D eigenvalue weighted by Gasteiger charge is -2.28. The van der Waals surface area contributed by atoms with E-state index in [1.165, 1.54) is 102 Å². The normalized spacial score (nSPS) is 17.1. The molecule has 0 saturated heterocycles. The van der Waals surface area contributed by atoms with E-state index in [0.717, 1.165) is 34.9 Å². The Morgan fingerprint density at radius 2 is 1.06 bits per heavy atom. The van der Waals surface area contributed by atoms with Gasteiger partial charge in [-0.05, 0) is 73.1 Å². The highest BCUT2D eigenvalue weighted by atomic mass is 14.3. The molecule has 0 unspecified atom stereocenters. The predicted octanol–water partition coefficient (Wildman–Crippen LogP) is 10.1. The number of aryl methyl sites for hydroxylation is 1. The molecule has 0 spiro atoms. The highest BCUT2D eigenvalue weighted by Gasteiger charge is 2.20. The summed E-state index contributed by atoms with van der Waals surface area (Å²) in [5.74, 6) is 15.1. The lowest BCUT2D eigenvalue weighted by Crippen LogP contribution is -2.15. The third-order valence-electron chi connectivity index (χ3n) is 7.85. The second-order valence-electron chi connectivity index (χ2n) is 10.9. The van der Waals surface area contributed by atoms with Crippen molar-refractivity contribution in [3.63, 3.8) is 0 Å². The summed E-state index contributed by atoms with van der Waals surface area (Å²) < 4.78 is 0. The van der Waals surface area contributed by atoms with Crippen LogP contribution in [0.4, 0.5) is 0 Å². The molecule has 0 amide bonds. The van der Waals surface area contributed by atoms with Crippen LogP contribution in [0.3, 0.4) is 0 Å². The zero-order valence-electron chi connectivity index (χ0n) is 23.1. The van der Waals surface area contributed by atoms with Gasteiger partial charge in [-0.1, -0.05) is 127 Å². The third kappa shape index (κ3) is 11.1. The van der Waals surface area contributed by atoms with Gasteiger partial charge >= 0.3 is 0 Å². The molecule has 1 fully saturated rings. The molecule has 0 aliphatic heterocycles. The zero-order chi connectivity index (χ0) is 25.3. The van der Waals surface area contributed by atoms with Crippen LogP contribution in [-0.2, 0) is 6.42 Å². The Bertz CT molecular complexity index is 963. The van der Waals surface area contributed by atoms with Crippen molar-refractivity contribution >= 4 is 0 Å². The zero-order valence-corrected chi connectivity index (χ0v) is 23.1. The Morgan fingerprint density at radius 1 is 0.556 bits per heavy atom. The standard InChI is InChI=1S/C36H48/c1-3-5-7-9-11-13-31-15-19-33(20-16-31)23-25-35-27-29-36(30-28-35)26-24-34-21-17-32(18-22-34)14-12-10-8-6-4-2/h17-18,21-22,27-31,33H,3-11,13,15-16,19-20,23,25H2,1-2H3/t31-,33-. The first-order valence-electron chi connectivity index (χ1n) is 15.0. The third-order valence-corrected chi connectivity index (χ3v) is 7.85. The molecule has 192 valence electrons. The van der Waals surface area contributed by atoms with Crippen LogP contribution in [0, 0.1) is 35.5 Å². The van der Waals surface area contributed by atoms with Crippen molar-refractivity contribution in [1.29, 1.82) is 0 Å². The van der Waals surface area contributed by atoms with Crippen LogP contribution in [0.5, 0.6) is 0 Å². The van der Waals surface area contributed by atoms with Gasteiger partial charge in [0.15, 0.2) is 0 Å². The largest absolute Gasteiger partial charge is 0.0979 e. The van der Waals surface area contributed by atoms with Crippen LogP contribution in [-0.4, -0.2) is 0 Å². The van der Waals surface area contributed by atoms with Gasteiger partial charge < -0.3 is 0 Å². The van der Waals surface area contributed by atoms with Crippen molar-refractivity contribution in [2.75, 3.05) is 0 Å². The fourth-order valence-electron chi connectivity index (χ4n) is 5.38. The molecule has 0 radical (unpaired) electrons. The summed E-state index contributed by atoms with van der Waals surface area (Å²) in [6.07, 6.45) is 21.7. The van der Waals surface area contributed by atoms with Gasteiger partial charge in [0.2, 0.25) is 0 Å². The quantitative estimate of drug-likeness (QED) is 0.209. The average Bonchev–Trinajstić information content (AvgIpc) is 2.92. The second kappa shape index (κ2) is 17.1. The fourth-order valence-corrected chi connectivity index (χ4v) is 5.38. The van der Waals surface area contributed by atoms with E-state index in [1.807, 2.05) is 0 Å². The van der Waals surface area contributed by atoms with E-state index in [9.17, 15) is 0 Å². The SMILES string of the molecule is CCCCCC#Cc1ccc(C#Cc2ccc(CC[C@H]3CC[C@H](CCCCCCC)CC3)cc2)cc1. The Balaban J connectivity index is 1.36. The first-order chi connectivity index (χ1) is 17.8. The molecule has 0 aromatic heterocycles. The number of benzene rings is 2. The summed E-state index contributed by atoms with van der Waals surface area (Å²) >= 11 is 0. The summed E-state index contributed by atoms with van der Waals surface area (Å²) in [7, 11) is 0. The van der Waals surface area contributed by atoms with Crippen LogP contribution in [0.15, 0.2) is 48.5 Å². The van der Waals surface area contributed by atoms with Gasteiger partial charge in [-0.25, -0.2) is 0 Å². The Kier molecular flexibility index (Phi) is 13.4. The molecule has 0 N–H and O–H groups in total. The summed E-state index contributed by atoms with van der Waals surface area (Å²) in [6, 6.07) is 17.3. The van der Waals surface area contributed by atoms with Crippen molar-refractivity contribution in [3.05, 3.63) is 70.8 Å². The Hall–Kier alpha value is -2.44.